The first-order valence-corrected chi connectivity index (χ1v) is 20.9. The van der Waals surface area contributed by atoms with Gasteiger partial charge in [0, 0.05) is 18.6 Å². The van der Waals surface area contributed by atoms with Gasteiger partial charge in [-0.25, -0.2) is 0 Å². The molecular weight excluding hydrogens is 719 g/mol. The predicted molar refractivity (Wildman–Crippen MR) is 215 cm³/mol. The highest BCUT2D eigenvalue weighted by atomic mass is 16.6. The van der Waals surface area contributed by atoms with Crippen LogP contribution in [-0.4, -0.2) is 75.7 Å². The molecule has 6 atom stereocenters. The second kappa shape index (κ2) is 17.3. The first-order valence-electron chi connectivity index (χ1n) is 20.9. The number of rotatable bonds is 18. The van der Waals surface area contributed by atoms with Gasteiger partial charge in [-0.1, -0.05) is 142 Å². The Bertz CT molecular complexity index is 1920. The number of hydrogen-bond acceptors (Lipinski definition) is 8. The average molecular weight is 774 g/mol. The summed E-state index contributed by atoms with van der Waals surface area (Å²) in [6.45, 7) is 1.56. The van der Waals surface area contributed by atoms with E-state index in [0.29, 0.717) is 37.1 Å². The molecule has 1 aliphatic heterocycles. The van der Waals surface area contributed by atoms with Crippen LogP contribution in [0.2, 0.25) is 0 Å². The molecule has 0 radical (unpaired) electrons. The van der Waals surface area contributed by atoms with Crippen molar-refractivity contribution in [2.75, 3.05) is 13.2 Å². The van der Waals surface area contributed by atoms with Crippen molar-refractivity contribution in [3.8, 4) is 0 Å². The van der Waals surface area contributed by atoms with Crippen molar-refractivity contribution < 1.29 is 38.7 Å². The molecule has 57 heavy (non-hydrogen) atoms. The number of nitrogens with zero attached hydrogens (tertiary/aromatic N) is 1. The van der Waals surface area contributed by atoms with E-state index in [2.05, 4.69) is 0 Å². The molecule has 0 saturated heterocycles. The zero-order valence-corrected chi connectivity index (χ0v) is 32.7. The first-order chi connectivity index (χ1) is 27.9. The zero-order chi connectivity index (χ0) is 39.3. The maximum absolute atomic E-state index is 13.1. The highest BCUT2D eigenvalue weighted by Crippen LogP contribution is 2.77. The normalized spacial score (nSPS) is 27.4. The molecule has 3 saturated carbocycles. The summed E-state index contributed by atoms with van der Waals surface area (Å²) in [6.07, 6.45) is 5.01. The second-order valence-corrected chi connectivity index (χ2v) is 16.3. The summed E-state index contributed by atoms with van der Waals surface area (Å²) in [6, 6.07) is 36.8. The molecule has 1 spiro atoms. The van der Waals surface area contributed by atoms with E-state index in [4.69, 9.17) is 18.9 Å². The van der Waals surface area contributed by atoms with Crippen molar-refractivity contribution in [2.24, 2.45) is 5.41 Å². The summed E-state index contributed by atoms with van der Waals surface area (Å²) in [7, 11) is 0. The highest BCUT2D eigenvalue weighted by Gasteiger charge is 2.95. The Morgan fingerprint density at radius 1 is 0.509 bits per heavy atom. The minimum Gasteiger partial charge on any atom is -0.383 e. The Balaban J connectivity index is 1.00. The second-order valence-electron chi connectivity index (χ2n) is 16.3. The van der Waals surface area contributed by atoms with Crippen LogP contribution in [0.1, 0.15) is 102 Å². The minimum absolute atomic E-state index is 0.215. The maximum Gasteiger partial charge on any atom is 0.261 e. The third-order valence-electron chi connectivity index (χ3n) is 13.0. The molecule has 9 nitrogen and oxygen atoms in total. The number of carbonyl (C=O) groups is 2. The molecule has 300 valence electrons. The van der Waals surface area contributed by atoms with E-state index >= 15 is 0 Å². The van der Waals surface area contributed by atoms with Crippen LogP contribution in [-0.2, 0) is 38.8 Å². The van der Waals surface area contributed by atoms with E-state index in [0.717, 1.165) is 68.1 Å². The fourth-order valence-corrected chi connectivity index (χ4v) is 10.1. The van der Waals surface area contributed by atoms with Gasteiger partial charge in [-0.2, -0.15) is 0 Å². The molecule has 1 heterocycles. The van der Waals surface area contributed by atoms with E-state index in [1.807, 2.05) is 91.0 Å². The number of aliphatic hydroxyl groups is 2. The summed E-state index contributed by atoms with van der Waals surface area (Å²) >= 11 is 0. The van der Waals surface area contributed by atoms with Crippen LogP contribution in [0.4, 0.5) is 0 Å². The van der Waals surface area contributed by atoms with Gasteiger partial charge < -0.3 is 29.2 Å². The molecule has 6 unspecified atom stereocenters. The van der Waals surface area contributed by atoms with Crippen molar-refractivity contribution in [3.63, 3.8) is 0 Å². The Kier molecular flexibility index (Phi) is 12.0. The molecule has 3 aliphatic carbocycles. The number of unbranched alkanes of at least 4 members (excludes halogenated alkanes) is 4. The summed E-state index contributed by atoms with van der Waals surface area (Å²) < 4.78 is 27.3. The van der Waals surface area contributed by atoms with E-state index in [9.17, 15) is 19.8 Å². The summed E-state index contributed by atoms with van der Waals surface area (Å²) in [5.41, 5.74) is -0.153. The molecule has 3 fully saturated rings. The van der Waals surface area contributed by atoms with Crippen LogP contribution < -0.4 is 0 Å². The third kappa shape index (κ3) is 7.39. The maximum atomic E-state index is 13.1. The van der Waals surface area contributed by atoms with Crippen LogP contribution >= 0.6 is 0 Å². The molecule has 4 aromatic carbocycles. The third-order valence-corrected chi connectivity index (χ3v) is 13.0. The number of carbonyl (C=O) groups excluding carboxylic acids is 2. The van der Waals surface area contributed by atoms with Crippen LogP contribution in [0, 0.1) is 5.41 Å². The Morgan fingerprint density at radius 2 is 0.930 bits per heavy atom. The fourth-order valence-electron chi connectivity index (χ4n) is 10.1. The lowest BCUT2D eigenvalue weighted by atomic mass is 9.81. The summed E-state index contributed by atoms with van der Waals surface area (Å²) in [5, 5.41) is 26.2. The fraction of sp³-hybridized carbons (Fsp3) is 0.458. The monoisotopic (exact) mass is 773 g/mol. The standard InChI is InChI=1S/C48H55NO8/c50-44-38-26-14-15-27-39(38)45(51)49(44)30-18-2-1-3-19-31-54-42-40(55-32-35-20-8-4-9-21-35)41(56-33-36-22-10-5-11-23-36)43(57-34-37-24-12-6-13-25-37)48(53)46(47(42,48)52)28-16-7-17-29-46/h4-6,8-15,20-27,40-43,52-53H,1-3,7,16-19,28-34H2. The average Bonchev–Trinajstić information content (AvgIpc) is 3.53. The smallest absolute Gasteiger partial charge is 0.261 e. The molecule has 9 heteroatoms. The zero-order valence-electron chi connectivity index (χ0n) is 32.7. The molecule has 2 amide bonds. The quantitative estimate of drug-likeness (QED) is 0.0778. The molecule has 2 N–H and O–H groups in total. The van der Waals surface area contributed by atoms with E-state index in [1.54, 1.807) is 24.3 Å². The van der Waals surface area contributed by atoms with Gasteiger partial charge >= 0.3 is 0 Å². The van der Waals surface area contributed by atoms with Crippen molar-refractivity contribution in [1.82, 2.24) is 4.90 Å². The summed E-state index contributed by atoms with van der Waals surface area (Å²) in [4.78, 5) is 26.9. The first kappa shape index (κ1) is 39.6. The van der Waals surface area contributed by atoms with Crippen LogP contribution in [0.5, 0.6) is 0 Å². The van der Waals surface area contributed by atoms with E-state index in [1.165, 1.54) is 4.90 Å². The number of hydrogen-bond donors (Lipinski definition) is 2. The number of amides is 2. The van der Waals surface area contributed by atoms with Gasteiger partial charge in [-0.05, 0) is 54.5 Å². The van der Waals surface area contributed by atoms with Gasteiger partial charge in [0.2, 0.25) is 0 Å². The number of ether oxygens (including phenoxy) is 4. The Morgan fingerprint density at radius 3 is 1.44 bits per heavy atom. The molecule has 0 bridgehead atoms. The lowest BCUT2D eigenvalue weighted by Gasteiger charge is -2.46. The Hall–Kier alpha value is -4.22. The molecule has 0 aromatic heterocycles. The van der Waals surface area contributed by atoms with Gasteiger partial charge in [0.1, 0.15) is 35.6 Å². The van der Waals surface area contributed by atoms with Gasteiger partial charge in [0.05, 0.1) is 30.9 Å². The largest absolute Gasteiger partial charge is 0.383 e. The molecule has 4 aromatic rings. The van der Waals surface area contributed by atoms with Gasteiger partial charge in [0.25, 0.3) is 11.8 Å². The topological polar surface area (TPSA) is 115 Å². The van der Waals surface area contributed by atoms with Crippen LogP contribution in [0.15, 0.2) is 115 Å². The SMILES string of the molecule is O=C1c2ccccc2C(=O)N1CCCCCCCOC1C(OCc2ccccc2)C(OCc2ccccc2)C(OCc2ccccc2)C2(O)C3(CCCCC3)C12O. The minimum atomic E-state index is -1.61. The molecular formula is C48H55NO8. The van der Waals surface area contributed by atoms with E-state index < -0.39 is 41.0 Å². The number of fused-ring (bicyclic) bond motifs is 4. The van der Waals surface area contributed by atoms with Crippen LogP contribution in [0.25, 0.3) is 0 Å². The number of benzene rings is 4. The highest BCUT2D eigenvalue weighted by molar-refractivity contribution is 6.21. The van der Waals surface area contributed by atoms with Crippen molar-refractivity contribution >= 4 is 11.8 Å². The number of imide groups is 1. The van der Waals surface area contributed by atoms with Gasteiger partial charge in [-0.3, -0.25) is 14.5 Å². The van der Waals surface area contributed by atoms with Crippen molar-refractivity contribution in [1.29, 1.82) is 0 Å². The summed E-state index contributed by atoms with van der Waals surface area (Å²) in [5.74, 6) is -0.430. The van der Waals surface area contributed by atoms with Gasteiger partial charge in [-0.15, -0.1) is 0 Å². The molecule has 8 rings (SSSR count). The van der Waals surface area contributed by atoms with Crippen molar-refractivity contribution in [2.45, 2.75) is 120 Å². The predicted octanol–water partition coefficient (Wildman–Crippen LogP) is 7.81. The molecule has 4 aliphatic rings. The van der Waals surface area contributed by atoms with Crippen LogP contribution in [0.3, 0.4) is 0 Å². The van der Waals surface area contributed by atoms with Gasteiger partial charge in [0.15, 0.2) is 0 Å². The van der Waals surface area contributed by atoms with Crippen molar-refractivity contribution in [3.05, 3.63) is 143 Å². The Labute approximate surface area is 335 Å². The van der Waals surface area contributed by atoms with E-state index in [-0.39, 0.29) is 31.6 Å². The lowest BCUT2D eigenvalue weighted by Crippen LogP contribution is -2.66. The lowest BCUT2D eigenvalue weighted by molar-refractivity contribution is -0.272.